The van der Waals surface area contributed by atoms with Gasteiger partial charge in [-0.2, -0.15) is 0 Å². The van der Waals surface area contributed by atoms with E-state index in [1.54, 1.807) is 6.82 Å². The monoisotopic (exact) mass is 295 g/mol. The van der Waals surface area contributed by atoms with Crippen molar-refractivity contribution in [1.29, 1.82) is 0 Å². The topological polar surface area (TPSA) is 66.8 Å². The van der Waals surface area contributed by atoms with Crippen molar-refractivity contribution in [3.8, 4) is 0 Å². The van der Waals surface area contributed by atoms with E-state index in [2.05, 4.69) is 0 Å². The average Bonchev–Trinajstić information content (AvgIpc) is 2.89. The summed E-state index contributed by atoms with van der Waals surface area (Å²) in [6.45, 7) is 9.66. The fourth-order valence-corrected chi connectivity index (χ4v) is 3.59. The molecule has 2 rings (SSSR count). The number of hydrogen-bond donors (Lipinski definition) is 1. The molecular weight excluding hydrogens is 269 g/mol. The zero-order valence-electron chi connectivity index (χ0n) is 13.6. The minimum atomic E-state index is -0.844. The molecule has 0 radical (unpaired) electrons. The molecule has 1 amide bonds. The fraction of sp³-hybridized carbons (Fsp3) is 0.867. The van der Waals surface area contributed by atoms with Gasteiger partial charge in [-0.3, -0.25) is 9.59 Å². The Kier molecular flexibility index (Phi) is 4.66. The van der Waals surface area contributed by atoms with Crippen molar-refractivity contribution in [2.24, 2.45) is 23.7 Å². The number of nitrogens with zero attached hydrogens (tertiary/aromatic N) is 1. The van der Waals surface area contributed by atoms with Gasteiger partial charge in [0.05, 0.1) is 12.0 Å². The molecule has 0 saturated carbocycles. The number of carbonyl (C=O) groups excluding carboxylic acids is 2. The van der Waals surface area contributed by atoms with Crippen molar-refractivity contribution in [3.63, 3.8) is 0 Å². The van der Waals surface area contributed by atoms with Gasteiger partial charge in [0.1, 0.15) is 6.10 Å². The van der Waals surface area contributed by atoms with Gasteiger partial charge in [-0.15, -0.1) is 0 Å². The van der Waals surface area contributed by atoms with E-state index in [1.807, 2.05) is 27.7 Å². The first-order valence-electron chi connectivity index (χ1n) is 7.94. The third-order valence-corrected chi connectivity index (χ3v) is 4.92. The van der Waals surface area contributed by atoms with Crippen LogP contribution in [-0.2, 0) is 14.3 Å². The summed E-state index contributed by atoms with van der Waals surface area (Å²) >= 11 is 0. The number of rotatable bonds is 4. The first-order chi connectivity index (χ1) is 9.73. The molecule has 0 spiro atoms. The molecule has 0 aromatic rings. The molecule has 0 bridgehead atoms. The number of cyclic esters (lactones) is 1. The highest BCUT2D eigenvalue weighted by atomic mass is 16.6. The van der Waals surface area contributed by atoms with Crippen LogP contribution in [0.4, 0.5) is 0 Å². The second kappa shape index (κ2) is 5.99. The Balaban J connectivity index is 2.18. The number of ether oxygens (including phenoxy) is 1. The Labute approximate surface area is 127 Å². The lowest BCUT2D eigenvalue weighted by Crippen LogP contribution is -2.49. The number of esters is 1. The van der Waals surface area contributed by atoms with Crippen LogP contribution in [0.3, 0.4) is 0 Å². The van der Waals surface area contributed by atoms with Crippen LogP contribution in [0.2, 0.25) is 6.82 Å². The van der Waals surface area contributed by atoms with Gasteiger partial charge in [0.2, 0.25) is 5.91 Å². The molecule has 2 aliphatic heterocycles. The quantitative estimate of drug-likeness (QED) is 0.631. The molecule has 2 fully saturated rings. The van der Waals surface area contributed by atoms with E-state index in [9.17, 15) is 14.6 Å². The van der Waals surface area contributed by atoms with Gasteiger partial charge >= 0.3 is 13.0 Å². The highest BCUT2D eigenvalue weighted by Gasteiger charge is 2.51. The second-order valence-corrected chi connectivity index (χ2v) is 7.09. The predicted octanol–water partition coefficient (Wildman–Crippen LogP) is 1.56. The Morgan fingerprint density at radius 1 is 1.14 bits per heavy atom. The standard InChI is InChI=1S/C15H26BNO4/c1-8(2)10-6-12(17(14(10)18)16(5)20)13-7-11(9(3)4)15(19)21-13/h8-13,20H,6-7H2,1-5H3/t10?,11?,12-,13-/m0/s1. The van der Waals surface area contributed by atoms with E-state index in [-0.39, 0.29) is 47.7 Å². The third kappa shape index (κ3) is 2.96. The molecule has 2 unspecified atom stereocenters. The maximum Gasteiger partial charge on any atom is 0.412 e. The zero-order valence-corrected chi connectivity index (χ0v) is 13.6. The Morgan fingerprint density at radius 3 is 2.14 bits per heavy atom. The Hall–Kier alpha value is -1.04. The van der Waals surface area contributed by atoms with E-state index < -0.39 is 7.05 Å². The minimum absolute atomic E-state index is 0.0194. The maximum absolute atomic E-state index is 12.5. The van der Waals surface area contributed by atoms with Crippen LogP contribution in [0.5, 0.6) is 0 Å². The second-order valence-electron chi connectivity index (χ2n) is 7.09. The first-order valence-corrected chi connectivity index (χ1v) is 7.94. The molecule has 1 N–H and O–H groups in total. The van der Waals surface area contributed by atoms with Crippen LogP contribution in [-0.4, -0.2) is 40.9 Å². The summed E-state index contributed by atoms with van der Waals surface area (Å²) in [4.78, 5) is 26.0. The van der Waals surface area contributed by atoms with Crippen molar-refractivity contribution in [1.82, 2.24) is 4.81 Å². The van der Waals surface area contributed by atoms with Crippen LogP contribution >= 0.6 is 0 Å². The Bertz CT molecular complexity index is 424. The average molecular weight is 295 g/mol. The lowest BCUT2D eigenvalue weighted by atomic mass is 9.82. The lowest BCUT2D eigenvalue weighted by Gasteiger charge is -2.29. The lowest BCUT2D eigenvalue weighted by molar-refractivity contribution is -0.147. The van der Waals surface area contributed by atoms with Crippen molar-refractivity contribution in [3.05, 3.63) is 0 Å². The minimum Gasteiger partial charge on any atom is -0.460 e. The van der Waals surface area contributed by atoms with Gasteiger partial charge in [0.15, 0.2) is 0 Å². The summed E-state index contributed by atoms with van der Waals surface area (Å²) in [7, 11) is -0.844. The number of amides is 1. The van der Waals surface area contributed by atoms with Gasteiger partial charge in [0, 0.05) is 5.92 Å². The molecule has 2 heterocycles. The normalized spacial score (nSPS) is 33.2. The highest BCUT2D eigenvalue weighted by molar-refractivity contribution is 6.49. The third-order valence-electron chi connectivity index (χ3n) is 4.92. The van der Waals surface area contributed by atoms with Gasteiger partial charge < -0.3 is 14.6 Å². The van der Waals surface area contributed by atoms with E-state index in [1.165, 1.54) is 4.81 Å². The van der Waals surface area contributed by atoms with Gasteiger partial charge in [-0.25, -0.2) is 0 Å². The highest BCUT2D eigenvalue weighted by Crippen LogP contribution is 2.38. The summed E-state index contributed by atoms with van der Waals surface area (Å²) in [5.41, 5.74) is 0. The van der Waals surface area contributed by atoms with Crippen molar-refractivity contribution < 1.29 is 19.3 Å². The molecule has 0 aromatic heterocycles. The summed E-state index contributed by atoms with van der Waals surface area (Å²) in [6, 6.07) is -0.197. The van der Waals surface area contributed by atoms with E-state index in [4.69, 9.17) is 4.74 Å². The zero-order chi connectivity index (χ0) is 15.9. The summed E-state index contributed by atoms with van der Waals surface area (Å²) in [5, 5.41) is 9.96. The fourth-order valence-electron chi connectivity index (χ4n) is 3.59. The number of carbonyl (C=O) groups is 2. The molecule has 0 aliphatic carbocycles. The summed E-state index contributed by atoms with van der Waals surface area (Å²) in [5.74, 6) is 0.0812. The van der Waals surface area contributed by atoms with Crippen LogP contribution in [0.25, 0.3) is 0 Å². The van der Waals surface area contributed by atoms with Crippen LogP contribution in [0, 0.1) is 23.7 Å². The molecule has 5 nitrogen and oxygen atoms in total. The molecule has 2 saturated heterocycles. The predicted molar refractivity (Wildman–Crippen MR) is 80.2 cm³/mol. The van der Waals surface area contributed by atoms with Crippen molar-refractivity contribution >= 4 is 18.9 Å². The maximum atomic E-state index is 12.5. The molecule has 4 atom stereocenters. The summed E-state index contributed by atoms with van der Waals surface area (Å²) < 4.78 is 5.53. The van der Waals surface area contributed by atoms with Gasteiger partial charge in [-0.1, -0.05) is 27.7 Å². The SMILES string of the molecule is CB(O)N1C(=O)C(C(C)C)C[C@H]1[C@@H]1CC(C(C)C)C(=O)O1. The van der Waals surface area contributed by atoms with Crippen LogP contribution < -0.4 is 0 Å². The molecule has 2 aliphatic rings. The smallest absolute Gasteiger partial charge is 0.412 e. The van der Waals surface area contributed by atoms with Crippen LogP contribution in [0.1, 0.15) is 40.5 Å². The van der Waals surface area contributed by atoms with Crippen molar-refractivity contribution in [2.75, 3.05) is 0 Å². The summed E-state index contributed by atoms with van der Waals surface area (Å²) in [6.07, 6.45) is 1.01. The van der Waals surface area contributed by atoms with Crippen LogP contribution in [0.15, 0.2) is 0 Å². The Morgan fingerprint density at radius 2 is 1.71 bits per heavy atom. The number of hydrogen-bond acceptors (Lipinski definition) is 4. The molecular formula is C15H26BNO4. The van der Waals surface area contributed by atoms with E-state index in [0.29, 0.717) is 12.8 Å². The molecule has 118 valence electrons. The van der Waals surface area contributed by atoms with Gasteiger partial charge in [-0.05, 0) is 31.5 Å². The molecule has 21 heavy (non-hydrogen) atoms. The molecule has 6 heteroatoms. The van der Waals surface area contributed by atoms with Gasteiger partial charge in [0.25, 0.3) is 0 Å². The molecule has 0 aromatic carbocycles. The largest absolute Gasteiger partial charge is 0.460 e. The first kappa shape index (κ1) is 16.3. The van der Waals surface area contributed by atoms with E-state index >= 15 is 0 Å². The van der Waals surface area contributed by atoms with E-state index in [0.717, 1.165) is 0 Å². The van der Waals surface area contributed by atoms with Crippen molar-refractivity contribution in [2.45, 2.75) is 59.5 Å².